The van der Waals surface area contributed by atoms with Crippen molar-refractivity contribution in [1.82, 2.24) is 0 Å². The van der Waals surface area contributed by atoms with Gasteiger partial charge in [-0.3, -0.25) is 4.79 Å². The first-order valence-corrected chi connectivity index (χ1v) is 5.61. The van der Waals surface area contributed by atoms with E-state index < -0.39 is 12.2 Å². The normalized spacial score (nSPS) is 14.5. The number of aldehydes is 1. The van der Waals surface area contributed by atoms with Gasteiger partial charge < -0.3 is 10.2 Å². The number of halogens is 1. The summed E-state index contributed by atoms with van der Waals surface area (Å²) in [6.07, 6.45) is -1.06. The smallest absolute Gasteiger partial charge is 0.150 e. The Kier molecular flexibility index (Phi) is 4.93. The largest absolute Gasteiger partial charge is 0.390 e. The summed E-state index contributed by atoms with van der Waals surface area (Å²) < 4.78 is 0. The van der Waals surface area contributed by atoms with Gasteiger partial charge >= 0.3 is 0 Å². The number of benzene rings is 1. The number of aliphatic hydroxyl groups excluding tert-OH is 2. The molecule has 0 saturated heterocycles. The number of carbonyl (C=O) groups excluding carboxylic acids is 1. The minimum absolute atomic E-state index is 0.264. The van der Waals surface area contributed by atoms with Gasteiger partial charge in [-0.25, -0.2) is 0 Å². The van der Waals surface area contributed by atoms with E-state index in [-0.39, 0.29) is 12.3 Å². The van der Waals surface area contributed by atoms with Crippen LogP contribution in [0.5, 0.6) is 0 Å². The number of hydrogen-bond acceptors (Lipinski definition) is 3. The first kappa shape index (κ1) is 13.2. The van der Waals surface area contributed by atoms with E-state index >= 15 is 0 Å². The van der Waals surface area contributed by atoms with Gasteiger partial charge in [-0.05, 0) is 18.9 Å². The van der Waals surface area contributed by atoms with Gasteiger partial charge in [0.25, 0.3) is 0 Å². The lowest BCUT2D eigenvalue weighted by molar-refractivity contribution is 0.0166. The monoisotopic (exact) mass is 242 g/mol. The Hall–Kier alpha value is -0.900. The Morgan fingerprint density at radius 1 is 1.44 bits per heavy atom. The topological polar surface area (TPSA) is 57.5 Å². The molecule has 2 atom stereocenters. The fraction of sp³-hybridized carbons (Fsp3) is 0.417. The van der Waals surface area contributed by atoms with Gasteiger partial charge in [0.15, 0.2) is 0 Å². The highest BCUT2D eigenvalue weighted by Crippen LogP contribution is 2.23. The van der Waals surface area contributed by atoms with Gasteiger partial charge in [0, 0.05) is 11.4 Å². The minimum atomic E-state index is -1.07. The molecule has 0 aliphatic heterocycles. The first-order chi connectivity index (χ1) is 7.60. The van der Waals surface area contributed by atoms with E-state index in [1.165, 1.54) is 0 Å². The van der Waals surface area contributed by atoms with Crippen LogP contribution in [0.1, 0.15) is 34.0 Å². The molecule has 0 heterocycles. The van der Waals surface area contributed by atoms with Crippen LogP contribution in [-0.2, 0) is 0 Å². The van der Waals surface area contributed by atoms with Gasteiger partial charge in [0.05, 0.1) is 6.10 Å². The van der Waals surface area contributed by atoms with Crippen LogP contribution in [0.2, 0.25) is 0 Å². The lowest BCUT2D eigenvalue weighted by Gasteiger charge is -2.19. The highest BCUT2D eigenvalue weighted by atomic mass is 35.5. The Bertz CT molecular complexity index is 365. The third-order valence-electron chi connectivity index (χ3n) is 2.46. The average Bonchev–Trinajstić information content (AvgIpc) is 2.28. The van der Waals surface area contributed by atoms with Gasteiger partial charge in [-0.15, -0.1) is 11.6 Å². The predicted octanol–water partition coefficient (Wildman–Crippen LogP) is 1.83. The maximum absolute atomic E-state index is 10.8. The number of carbonyl (C=O) groups is 1. The number of hydrogen-bond donors (Lipinski definition) is 2. The van der Waals surface area contributed by atoms with E-state index in [4.69, 9.17) is 11.6 Å². The molecule has 88 valence electrons. The quantitative estimate of drug-likeness (QED) is 0.612. The lowest BCUT2D eigenvalue weighted by Crippen LogP contribution is -2.20. The molecule has 0 aromatic heterocycles. The van der Waals surface area contributed by atoms with Crippen LogP contribution in [0, 0.1) is 6.92 Å². The van der Waals surface area contributed by atoms with Crippen LogP contribution >= 0.6 is 11.6 Å². The van der Waals surface area contributed by atoms with E-state index in [2.05, 4.69) is 0 Å². The Labute approximate surface area is 99.7 Å². The number of aliphatic hydroxyl groups is 2. The fourth-order valence-electron chi connectivity index (χ4n) is 1.53. The summed E-state index contributed by atoms with van der Waals surface area (Å²) in [4.78, 5) is 10.8. The molecule has 0 radical (unpaired) electrons. The van der Waals surface area contributed by atoms with Crippen molar-refractivity contribution in [3.63, 3.8) is 0 Å². The molecule has 16 heavy (non-hydrogen) atoms. The molecule has 4 heteroatoms. The molecule has 0 aliphatic carbocycles. The van der Waals surface area contributed by atoms with Gasteiger partial charge in [-0.2, -0.15) is 0 Å². The number of alkyl halides is 1. The van der Waals surface area contributed by atoms with Crippen LogP contribution in [0.25, 0.3) is 0 Å². The van der Waals surface area contributed by atoms with Crippen molar-refractivity contribution in [2.75, 3.05) is 5.88 Å². The molecule has 0 saturated carbocycles. The summed E-state index contributed by atoms with van der Waals surface area (Å²) in [6, 6.07) is 5.12. The van der Waals surface area contributed by atoms with E-state index in [9.17, 15) is 15.0 Å². The fourth-order valence-corrected chi connectivity index (χ4v) is 1.76. The molecule has 0 amide bonds. The van der Waals surface area contributed by atoms with Crippen molar-refractivity contribution in [3.05, 3.63) is 34.9 Å². The average molecular weight is 243 g/mol. The molecule has 1 aromatic carbocycles. The Morgan fingerprint density at radius 2 is 2.12 bits per heavy atom. The zero-order valence-electron chi connectivity index (χ0n) is 9.06. The third kappa shape index (κ3) is 3.04. The molecular formula is C12H15ClO3. The highest BCUT2D eigenvalue weighted by Gasteiger charge is 2.20. The predicted molar refractivity (Wildman–Crippen MR) is 62.9 cm³/mol. The molecular weight excluding hydrogens is 228 g/mol. The Balaban J connectivity index is 3.00. The second kappa shape index (κ2) is 5.99. The zero-order chi connectivity index (χ0) is 12.1. The molecule has 0 bridgehead atoms. The molecule has 0 spiro atoms. The zero-order valence-corrected chi connectivity index (χ0v) is 9.81. The van der Waals surface area contributed by atoms with Crippen molar-refractivity contribution in [3.8, 4) is 0 Å². The van der Waals surface area contributed by atoms with Crippen molar-refractivity contribution >= 4 is 17.9 Å². The summed E-state index contributed by atoms with van der Waals surface area (Å²) in [5.41, 5.74) is 1.78. The summed E-state index contributed by atoms with van der Waals surface area (Å²) in [5, 5.41) is 19.5. The van der Waals surface area contributed by atoms with Crippen LogP contribution in [0.3, 0.4) is 0 Å². The third-order valence-corrected chi connectivity index (χ3v) is 2.68. The van der Waals surface area contributed by atoms with Gasteiger partial charge in [0.2, 0.25) is 0 Å². The summed E-state index contributed by atoms with van der Waals surface area (Å²) >= 11 is 5.49. The van der Waals surface area contributed by atoms with Crippen LogP contribution in [0.15, 0.2) is 18.2 Å². The summed E-state index contributed by atoms with van der Waals surface area (Å²) in [6.45, 7) is 1.86. The second-order valence-electron chi connectivity index (χ2n) is 3.74. The molecule has 1 rings (SSSR count). The Morgan fingerprint density at radius 3 is 2.69 bits per heavy atom. The van der Waals surface area contributed by atoms with E-state index in [1.807, 2.05) is 6.92 Å². The summed E-state index contributed by atoms with van der Waals surface area (Å²) in [7, 11) is 0. The van der Waals surface area contributed by atoms with Gasteiger partial charge in [0.1, 0.15) is 12.4 Å². The van der Waals surface area contributed by atoms with E-state index in [0.717, 1.165) is 5.56 Å². The van der Waals surface area contributed by atoms with E-state index in [0.29, 0.717) is 17.4 Å². The van der Waals surface area contributed by atoms with Crippen LogP contribution in [0.4, 0.5) is 0 Å². The molecule has 0 fully saturated rings. The standard InChI is InChI=1S/C12H15ClO3/c1-8-2-3-9(7-14)10(6-8)12(16)11(15)4-5-13/h2-3,6-7,11-12,15-16H,4-5H2,1H3. The van der Waals surface area contributed by atoms with Crippen molar-refractivity contribution in [2.45, 2.75) is 25.6 Å². The molecule has 1 aromatic rings. The second-order valence-corrected chi connectivity index (χ2v) is 4.12. The summed E-state index contributed by atoms with van der Waals surface area (Å²) in [5.74, 6) is 0.264. The number of rotatable bonds is 5. The van der Waals surface area contributed by atoms with Gasteiger partial charge in [-0.1, -0.05) is 23.8 Å². The van der Waals surface area contributed by atoms with Crippen molar-refractivity contribution < 1.29 is 15.0 Å². The lowest BCUT2D eigenvalue weighted by atomic mass is 9.96. The molecule has 2 unspecified atom stereocenters. The van der Waals surface area contributed by atoms with Crippen LogP contribution < -0.4 is 0 Å². The minimum Gasteiger partial charge on any atom is -0.390 e. The number of aryl methyl sites for hydroxylation is 1. The molecule has 3 nitrogen and oxygen atoms in total. The SMILES string of the molecule is Cc1ccc(C=O)c(C(O)C(O)CCCl)c1. The molecule has 2 N–H and O–H groups in total. The highest BCUT2D eigenvalue weighted by molar-refractivity contribution is 6.17. The van der Waals surface area contributed by atoms with Crippen molar-refractivity contribution in [1.29, 1.82) is 0 Å². The maximum atomic E-state index is 10.8. The van der Waals surface area contributed by atoms with Crippen LogP contribution in [-0.4, -0.2) is 28.5 Å². The first-order valence-electron chi connectivity index (χ1n) is 5.08. The maximum Gasteiger partial charge on any atom is 0.150 e. The van der Waals surface area contributed by atoms with Crippen molar-refractivity contribution in [2.24, 2.45) is 0 Å². The van der Waals surface area contributed by atoms with E-state index in [1.54, 1.807) is 18.2 Å². The molecule has 0 aliphatic rings.